The molecule has 7 heteroatoms. The summed E-state index contributed by atoms with van der Waals surface area (Å²) in [6, 6.07) is 10.1. The Kier molecular flexibility index (Phi) is 5.72. The second kappa shape index (κ2) is 8.17. The standard InChI is InChI=1S/C28H36N2O5/c1-17-12-22-26(33,24(17)32)15-20(16-31)13-21-23-25(3,4)29-30-27(23,14-18(2)28(21,22)34)35-11-10-19-8-6-5-7-9-19/h5-9,12-13,18,21-23,31,33-34H,10-11,14-16H2,1-4H3/t18-,21+,22-,23-,26-,27+,28-/m1/s1. The molecule has 35 heavy (non-hydrogen) atoms. The van der Waals surface area contributed by atoms with Gasteiger partial charge in [-0.15, -0.1) is 0 Å². The van der Waals surface area contributed by atoms with E-state index in [0.29, 0.717) is 24.2 Å². The normalized spacial score (nSPS) is 41.5. The molecule has 3 aliphatic carbocycles. The number of aliphatic hydroxyl groups excluding tert-OH is 1. The van der Waals surface area contributed by atoms with Gasteiger partial charge in [-0.2, -0.15) is 10.2 Å². The van der Waals surface area contributed by atoms with E-state index in [-0.39, 0.29) is 30.6 Å². The molecule has 3 N–H and O–H groups in total. The van der Waals surface area contributed by atoms with E-state index in [1.54, 1.807) is 13.0 Å². The quantitative estimate of drug-likeness (QED) is 0.560. The van der Waals surface area contributed by atoms with Crippen molar-refractivity contribution in [3.8, 4) is 0 Å². The fraction of sp³-hybridized carbons (Fsp3) is 0.607. The molecule has 7 nitrogen and oxygen atoms in total. The molecule has 1 saturated carbocycles. The van der Waals surface area contributed by atoms with Crippen LogP contribution in [0, 0.1) is 23.7 Å². The first-order valence-electron chi connectivity index (χ1n) is 12.6. The third-order valence-corrected chi connectivity index (χ3v) is 8.89. The first kappa shape index (κ1) is 24.5. The van der Waals surface area contributed by atoms with Gasteiger partial charge in [-0.25, -0.2) is 0 Å². The number of nitrogens with zero attached hydrogens (tertiary/aromatic N) is 2. The summed E-state index contributed by atoms with van der Waals surface area (Å²) in [5.41, 5.74) is -2.62. The number of ether oxygens (including phenoxy) is 1. The summed E-state index contributed by atoms with van der Waals surface area (Å²) in [6.07, 6.45) is 4.75. The Balaban J connectivity index is 1.57. The predicted octanol–water partition coefficient (Wildman–Crippen LogP) is 3.39. The predicted molar refractivity (Wildman–Crippen MR) is 130 cm³/mol. The van der Waals surface area contributed by atoms with Gasteiger partial charge in [-0.3, -0.25) is 4.79 Å². The van der Waals surface area contributed by atoms with Crippen LogP contribution in [0.3, 0.4) is 0 Å². The fourth-order valence-corrected chi connectivity index (χ4v) is 7.31. The maximum absolute atomic E-state index is 13.1. The lowest BCUT2D eigenvalue weighted by Crippen LogP contribution is -2.67. The van der Waals surface area contributed by atoms with Crippen LogP contribution in [0.25, 0.3) is 0 Å². The minimum absolute atomic E-state index is 0.00430. The summed E-state index contributed by atoms with van der Waals surface area (Å²) in [4.78, 5) is 13.1. The van der Waals surface area contributed by atoms with Crippen LogP contribution in [0.2, 0.25) is 0 Å². The average Bonchev–Trinajstić information content (AvgIpc) is 3.17. The van der Waals surface area contributed by atoms with Gasteiger partial charge in [0.05, 0.1) is 24.4 Å². The van der Waals surface area contributed by atoms with E-state index in [4.69, 9.17) is 9.85 Å². The van der Waals surface area contributed by atoms with Crippen LogP contribution in [0.15, 0.2) is 63.9 Å². The van der Waals surface area contributed by atoms with Crippen molar-refractivity contribution in [1.29, 1.82) is 0 Å². The average molecular weight is 481 g/mol. The zero-order valence-corrected chi connectivity index (χ0v) is 20.9. The maximum Gasteiger partial charge on any atom is 0.190 e. The second-order valence-corrected chi connectivity index (χ2v) is 11.5. The molecule has 7 atom stereocenters. The smallest absolute Gasteiger partial charge is 0.190 e. The summed E-state index contributed by atoms with van der Waals surface area (Å²) in [5, 5.41) is 43.7. The fourth-order valence-electron chi connectivity index (χ4n) is 7.31. The highest BCUT2D eigenvalue weighted by Gasteiger charge is 2.71. The summed E-state index contributed by atoms with van der Waals surface area (Å²) in [7, 11) is 0. The number of azo groups is 1. The molecule has 5 rings (SSSR count). The highest BCUT2D eigenvalue weighted by atomic mass is 16.5. The van der Waals surface area contributed by atoms with Crippen molar-refractivity contribution in [2.24, 2.45) is 33.9 Å². The van der Waals surface area contributed by atoms with E-state index in [0.717, 1.165) is 6.42 Å². The molecule has 4 aliphatic rings. The van der Waals surface area contributed by atoms with E-state index >= 15 is 0 Å². The Morgan fingerprint density at radius 1 is 1.11 bits per heavy atom. The third-order valence-electron chi connectivity index (χ3n) is 8.89. The number of hydrogen-bond acceptors (Lipinski definition) is 7. The van der Waals surface area contributed by atoms with Crippen molar-refractivity contribution in [3.63, 3.8) is 0 Å². The first-order chi connectivity index (χ1) is 16.5. The molecule has 1 aromatic rings. The van der Waals surface area contributed by atoms with Gasteiger partial charge < -0.3 is 20.1 Å². The molecular formula is C28H36N2O5. The molecule has 1 aliphatic heterocycles. The number of hydrogen-bond donors (Lipinski definition) is 3. The number of carbonyl (C=O) groups is 1. The Morgan fingerprint density at radius 3 is 2.51 bits per heavy atom. The molecule has 0 amide bonds. The van der Waals surface area contributed by atoms with Gasteiger partial charge in [0, 0.05) is 30.6 Å². The number of Topliss-reactive ketones (excluding diaryl/α,β-unsaturated/α-hetero) is 1. The Bertz CT molecular complexity index is 1110. The molecule has 1 fully saturated rings. The van der Waals surface area contributed by atoms with E-state index in [9.17, 15) is 20.1 Å². The highest BCUT2D eigenvalue weighted by molar-refractivity contribution is 6.04. The molecule has 1 aromatic carbocycles. The molecule has 0 radical (unpaired) electrons. The molecule has 0 bridgehead atoms. The monoisotopic (exact) mass is 480 g/mol. The van der Waals surface area contributed by atoms with Crippen molar-refractivity contribution >= 4 is 5.78 Å². The van der Waals surface area contributed by atoms with Crippen LogP contribution in [0.4, 0.5) is 0 Å². The van der Waals surface area contributed by atoms with Crippen molar-refractivity contribution in [3.05, 3.63) is 59.2 Å². The zero-order valence-electron chi connectivity index (χ0n) is 20.9. The van der Waals surface area contributed by atoms with Crippen molar-refractivity contribution in [2.45, 2.75) is 69.4 Å². The number of fused-ring (bicyclic) bond motifs is 5. The number of carbonyl (C=O) groups excluding carboxylic acids is 1. The lowest BCUT2D eigenvalue weighted by Gasteiger charge is -2.57. The minimum atomic E-state index is -1.78. The van der Waals surface area contributed by atoms with E-state index in [2.05, 4.69) is 17.2 Å². The molecule has 0 saturated heterocycles. The molecule has 0 spiro atoms. The lowest BCUT2D eigenvalue weighted by atomic mass is 9.52. The Morgan fingerprint density at radius 2 is 1.83 bits per heavy atom. The van der Waals surface area contributed by atoms with E-state index in [1.165, 1.54) is 5.56 Å². The van der Waals surface area contributed by atoms with Crippen LogP contribution in [0.5, 0.6) is 0 Å². The van der Waals surface area contributed by atoms with Crippen LogP contribution >= 0.6 is 0 Å². The second-order valence-electron chi connectivity index (χ2n) is 11.5. The highest BCUT2D eigenvalue weighted by Crippen LogP contribution is 2.63. The molecule has 188 valence electrons. The van der Waals surface area contributed by atoms with Crippen LogP contribution < -0.4 is 0 Å². The summed E-state index contributed by atoms with van der Waals surface area (Å²) >= 11 is 0. The Hall–Kier alpha value is -2.19. The van der Waals surface area contributed by atoms with Crippen molar-refractivity contribution in [1.82, 2.24) is 0 Å². The van der Waals surface area contributed by atoms with Gasteiger partial charge in [0.25, 0.3) is 0 Å². The van der Waals surface area contributed by atoms with Gasteiger partial charge in [-0.05, 0) is 49.8 Å². The molecule has 0 unspecified atom stereocenters. The Labute approximate surface area is 206 Å². The summed E-state index contributed by atoms with van der Waals surface area (Å²) in [6.45, 7) is 7.76. The van der Waals surface area contributed by atoms with Gasteiger partial charge in [-0.1, -0.05) is 49.4 Å². The zero-order chi connectivity index (χ0) is 25.2. The topological polar surface area (TPSA) is 112 Å². The first-order valence-corrected chi connectivity index (χ1v) is 12.6. The van der Waals surface area contributed by atoms with Gasteiger partial charge in [0.2, 0.25) is 0 Å². The molecular weight excluding hydrogens is 444 g/mol. The molecule has 0 aromatic heterocycles. The minimum Gasteiger partial charge on any atom is -0.392 e. The van der Waals surface area contributed by atoms with Crippen LogP contribution in [-0.4, -0.2) is 56.8 Å². The maximum atomic E-state index is 13.1. The third kappa shape index (κ3) is 3.50. The number of aliphatic hydroxyl groups is 3. The van der Waals surface area contributed by atoms with Gasteiger partial charge >= 0.3 is 0 Å². The molecule has 1 heterocycles. The van der Waals surface area contributed by atoms with E-state index in [1.807, 2.05) is 45.0 Å². The van der Waals surface area contributed by atoms with Crippen LogP contribution in [-0.2, 0) is 16.0 Å². The van der Waals surface area contributed by atoms with Crippen molar-refractivity contribution in [2.75, 3.05) is 13.2 Å². The largest absolute Gasteiger partial charge is 0.392 e. The van der Waals surface area contributed by atoms with Gasteiger partial charge in [0.1, 0.15) is 5.60 Å². The number of rotatable bonds is 5. The number of ketones is 1. The van der Waals surface area contributed by atoms with Crippen LogP contribution in [0.1, 0.15) is 46.1 Å². The lowest BCUT2D eigenvalue weighted by molar-refractivity contribution is -0.226. The van der Waals surface area contributed by atoms with Crippen molar-refractivity contribution < 1.29 is 24.9 Å². The number of benzene rings is 1. The SMILES string of the molecule is CC1=C[C@H]2[C@@]3(O)[C@H](C)C[C@@]4(OCCc5ccccc5)N=NC(C)(C)[C@H]4[C@@H]3C=C(CO)C[C@]2(O)C1=O. The summed E-state index contributed by atoms with van der Waals surface area (Å²) in [5.74, 6) is -2.38. The van der Waals surface area contributed by atoms with Gasteiger partial charge in [0.15, 0.2) is 11.5 Å². The van der Waals surface area contributed by atoms with E-state index < -0.39 is 34.3 Å². The summed E-state index contributed by atoms with van der Waals surface area (Å²) < 4.78 is 6.58.